The summed E-state index contributed by atoms with van der Waals surface area (Å²) in [5.74, 6) is 0. The molecule has 0 radical (unpaired) electrons. The molecule has 1 aromatic heterocycles. The third kappa shape index (κ3) is 1.87. The highest BCUT2D eigenvalue weighted by molar-refractivity contribution is 5.33. The smallest absolute Gasteiger partial charge is 0.0951 e. The largest absolute Gasteiger partial charge is 0.331 e. The summed E-state index contributed by atoms with van der Waals surface area (Å²) in [5, 5.41) is 0. The predicted octanol–water partition coefficient (Wildman–Crippen LogP) is 1.72. The summed E-state index contributed by atoms with van der Waals surface area (Å²) in [5.41, 5.74) is 9.84. The van der Waals surface area contributed by atoms with Crippen molar-refractivity contribution in [3.8, 4) is 0 Å². The first-order valence-electron chi connectivity index (χ1n) is 6.16. The van der Waals surface area contributed by atoms with Crippen molar-refractivity contribution in [2.45, 2.75) is 25.3 Å². The highest BCUT2D eigenvalue weighted by Gasteiger charge is 2.23. The van der Waals surface area contributed by atoms with Gasteiger partial charge in [-0.25, -0.2) is 4.98 Å². The topological polar surface area (TPSA) is 43.8 Å². The summed E-state index contributed by atoms with van der Waals surface area (Å²) >= 11 is 0. The van der Waals surface area contributed by atoms with Gasteiger partial charge >= 0.3 is 0 Å². The van der Waals surface area contributed by atoms with Crippen LogP contribution in [0.25, 0.3) is 0 Å². The van der Waals surface area contributed by atoms with Gasteiger partial charge in [-0.15, -0.1) is 0 Å². The third-order valence-electron chi connectivity index (χ3n) is 3.57. The molecule has 2 N–H and O–H groups in total. The van der Waals surface area contributed by atoms with Crippen LogP contribution < -0.4 is 5.73 Å². The molecule has 0 saturated carbocycles. The van der Waals surface area contributed by atoms with Crippen LogP contribution in [0.3, 0.4) is 0 Å². The van der Waals surface area contributed by atoms with E-state index in [0.717, 1.165) is 19.3 Å². The van der Waals surface area contributed by atoms with Crippen molar-refractivity contribution in [2.75, 3.05) is 6.54 Å². The van der Waals surface area contributed by atoms with E-state index < -0.39 is 0 Å². The molecule has 1 aromatic carbocycles. The Kier molecular flexibility index (Phi) is 2.69. The molecule has 1 heterocycles. The highest BCUT2D eigenvalue weighted by Crippen LogP contribution is 2.30. The number of aromatic nitrogens is 2. The first-order chi connectivity index (χ1) is 8.38. The third-order valence-corrected chi connectivity index (χ3v) is 3.57. The summed E-state index contributed by atoms with van der Waals surface area (Å²) in [6.07, 6.45) is 7.03. The zero-order valence-electron chi connectivity index (χ0n) is 9.84. The molecule has 17 heavy (non-hydrogen) atoms. The molecule has 0 saturated heterocycles. The van der Waals surface area contributed by atoms with Crippen LogP contribution in [0.1, 0.15) is 22.9 Å². The first kappa shape index (κ1) is 10.5. The van der Waals surface area contributed by atoms with E-state index in [1.165, 1.54) is 16.8 Å². The highest BCUT2D eigenvalue weighted by atomic mass is 15.1. The van der Waals surface area contributed by atoms with Gasteiger partial charge in [-0.1, -0.05) is 24.3 Å². The van der Waals surface area contributed by atoms with Gasteiger partial charge in [0.15, 0.2) is 0 Å². The molecule has 1 aliphatic carbocycles. The molecule has 0 fully saturated rings. The second kappa shape index (κ2) is 4.34. The molecule has 3 rings (SSSR count). The minimum atomic E-state index is 0.524. The van der Waals surface area contributed by atoms with E-state index in [1.54, 1.807) is 0 Å². The molecule has 88 valence electrons. The quantitative estimate of drug-likeness (QED) is 0.867. The van der Waals surface area contributed by atoms with Gasteiger partial charge in [-0.2, -0.15) is 0 Å². The van der Waals surface area contributed by atoms with Crippen molar-refractivity contribution in [2.24, 2.45) is 5.73 Å². The van der Waals surface area contributed by atoms with Crippen LogP contribution in [-0.2, 0) is 19.3 Å². The van der Waals surface area contributed by atoms with Crippen LogP contribution in [0.2, 0.25) is 0 Å². The molecule has 2 aromatic rings. The second-order valence-electron chi connectivity index (χ2n) is 4.66. The summed E-state index contributed by atoms with van der Waals surface area (Å²) < 4.78 is 2.30. The zero-order chi connectivity index (χ0) is 11.7. The molecule has 0 aliphatic heterocycles. The maximum atomic E-state index is 5.63. The Bertz CT molecular complexity index is 491. The summed E-state index contributed by atoms with van der Waals surface area (Å²) in [4.78, 5) is 4.26. The Morgan fingerprint density at radius 3 is 2.59 bits per heavy atom. The molecule has 0 spiro atoms. The zero-order valence-corrected chi connectivity index (χ0v) is 9.84. The average molecular weight is 227 g/mol. The summed E-state index contributed by atoms with van der Waals surface area (Å²) in [7, 11) is 0. The van der Waals surface area contributed by atoms with Crippen molar-refractivity contribution in [3.63, 3.8) is 0 Å². The number of benzene rings is 1. The van der Waals surface area contributed by atoms with Crippen LogP contribution in [0.4, 0.5) is 0 Å². The fraction of sp³-hybridized carbons (Fsp3) is 0.357. The fourth-order valence-corrected chi connectivity index (χ4v) is 2.73. The van der Waals surface area contributed by atoms with Gasteiger partial charge in [0.25, 0.3) is 0 Å². The SMILES string of the molecule is NCCc1cncn1C1Cc2ccccc2C1. The number of nitrogens with zero attached hydrogens (tertiary/aromatic N) is 2. The monoisotopic (exact) mass is 227 g/mol. The van der Waals surface area contributed by atoms with Gasteiger partial charge in [0.1, 0.15) is 0 Å². The molecule has 0 unspecified atom stereocenters. The fourth-order valence-electron chi connectivity index (χ4n) is 2.73. The summed E-state index contributed by atoms with van der Waals surface area (Å²) in [6.45, 7) is 0.686. The lowest BCUT2D eigenvalue weighted by atomic mass is 10.1. The lowest BCUT2D eigenvalue weighted by Gasteiger charge is -2.14. The predicted molar refractivity (Wildman–Crippen MR) is 67.9 cm³/mol. The van der Waals surface area contributed by atoms with E-state index >= 15 is 0 Å². The normalized spacial score (nSPS) is 15.1. The Balaban J connectivity index is 1.86. The van der Waals surface area contributed by atoms with Gasteiger partial charge in [-0.05, 0) is 30.5 Å². The van der Waals surface area contributed by atoms with E-state index in [1.807, 2.05) is 12.5 Å². The Morgan fingerprint density at radius 1 is 1.24 bits per heavy atom. The summed E-state index contributed by atoms with van der Waals surface area (Å²) in [6, 6.07) is 9.23. The van der Waals surface area contributed by atoms with Crippen molar-refractivity contribution in [1.82, 2.24) is 9.55 Å². The van der Waals surface area contributed by atoms with Crippen molar-refractivity contribution < 1.29 is 0 Å². The Morgan fingerprint density at radius 2 is 1.94 bits per heavy atom. The number of nitrogens with two attached hydrogens (primary N) is 1. The molecule has 3 heteroatoms. The Hall–Kier alpha value is -1.61. The number of hydrogen-bond donors (Lipinski definition) is 1. The van der Waals surface area contributed by atoms with Gasteiger partial charge in [0, 0.05) is 24.4 Å². The van der Waals surface area contributed by atoms with E-state index in [4.69, 9.17) is 5.73 Å². The van der Waals surface area contributed by atoms with Gasteiger partial charge in [0.2, 0.25) is 0 Å². The average Bonchev–Trinajstić information content (AvgIpc) is 2.94. The lowest BCUT2D eigenvalue weighted by molar-refractivity contribution is 0.510. The minimum Gasteiger partial charge on any atom is -0.331 e. The maximum absolute atomic E-state index is 5.63. The lowest BCUT2D eigenvalue weighted by Crippen LogP contribution is -2.14. The van der Waals surface area contributed by atoms with Crippen LogP contribution in [0.5, 0.6) is 0 Å². The molecular weight excluding hydrogens is 210 g/mol. The van der Waals surface area contributed by atoms with Gasteiger partial charge in [0.05, 0.1) is 6.33 Å². The molecule has 0 atom stereocenters. The van der Waals surface area contributed by atoms with E-state index in [0.29, 0.717) is 12.6 Å². The number of hydrogen-bond acceptors (Lipinski definition) is 2. The second-order valence-corrected chi connectivity index (χ2v) is 4.66. The number of fused-ring (bicyclic) bond motifs is 1. The van der Waals surface area contributed by atoms with E-state index in [2.05, 4.69) is 33.8 Å². The van der Waals surface area contributed by atoms with Gasteiger partial charge < -0.3 is 10.3 Å². The van der Waals surface area contributed by atoms with Crippen LogP contribution >= 0.6 is 0 Å². The standard InChI is InChI=1S/C14H17N3/c15-6-5-13-9-16-10-17(13)14-7-11-3-1-2-4-12(11)8-14/h1-4,9-10,14H,5-8,15H2. The Labute approximate surface area is 101 Å². The van der Waals surface area contributed by atoms with Gasteiger partial charge in [-0.3, -0.25) is 0 Å². The maximum Gasteiger partial charge on any atom is 0.0951 e. The molecule has 3 nitrogen and oxygen atoms in total. The van der Waals surface area contributed by atoms with Crippen LogP contribution in [-0.4, -0.2) is 16.1 Å². The number of imidazole rings is 1. The van der Waals surface area contributed by atoms with Crippen molar-refractivity contribution in [3.05, 3.63) is 53.6 Å². The first-order valence-corrected chi connectivity index (χ1v) is 6.16. The molecule has 0 amide bonds. The minimum absolute atomic E-state index is 0.524. The van der Waals surface area contributed by atoms with Crippen LogP contribution in [0, 0.1) is 0 Å². The molecular formula is C14H17N3. The van der Waals surface area contributed by atoms with E-state index in [9.17, 15) is 0 Å². The molecule has 0 bridgehead atoms. The van der Waals surface area contributed by atoms with Crippen molar-refractivity contribution in [1.29, 1.82) is 0 Å². The van der Waals surface area contributed by atoms with Crippen molar-refractivity contribution >= 4 is 0 Å². The molecule has 1 aliphatic rings. The van der Waals surface area contributed by atoms with Crippen LogP contribution in [0.15, 0.2) is 36.8 Å². The number of rotatable bonds is 3. The van der Waals surface area contributed by atoms with E-state index in [-0.39, 0.29) is 0 Å².